The van der Waals surface area contributed by atoms with Gasteiger partial charge in [0.05, 0.1) is 24.3 Å². The van der Waals surface area contributed by atoms with Crippen LogP contribution in [-0.2, 0) is 11.3 Å². The van der Waals surface area contributed by atoms with Crippen molar-refractivity contribution >= 4 is 40.7 Å². The van der Waals surface area contributed by atoms with Crippen molar-refractivity contribution in [3.63, 3.8) is 0 Å². The van der Waals surface area contributed by atoms with Gasteiger partial charge in [0.15, 0.2) is 5.11 Å². The number of thiocarbonyl (C=S) groups is 1. The van der Waals surface area contributed by atoms with Crippen molar-refractivity contribution in [1.29, 1.82) is 0 Å². The monoisotopic (exact) mass is 453 g/mol. The highest BCUT2D eigenvalue weighted by atomic mass is 32.1. The first-order chi connectivity index (χ1) is 15.3. The van der Waals surface area contributed by atoms with E-state index in [4.69, 9.17) is 21.4 Å². The van der Waals surface area contributed by atoms with E-state index >= 15 is 0 Å². The molecule has 0 saturated carbocycles. The van der Waals surface area contributed by atoms with Crippen molar-refractivity contribution in [2.24, 2.45) is 0 Å². The van der Waals surface area contributed by atoms with Crippen LogP contribution in [-0.4, -0.2) is 32.8 Å². The van der Waals surface area contributed by atoms with Gasteiger partial charge in [-0.15, -0.1) is 0 Å². The minimum absolute atomic E-state index is 0.00964. The molecule has 1 aliphatic rings. The van der Waals surface area contributed by atoms with Crippen LogP contribution >= 0.6 is 12.2 Å². The van der Waals surface area contributed by atoms with Crippen LogP contribution in [0.4, 0.5) is 11.4 Å². The smallest absolute Gasteiger partial charge is 0.312 e. The predicted octanol–water partition coefficient (Wildman–Crippen LogP) is 3.32. The number of benzene rings is 1. The molecule has 164 valence electrons. The van der Waals surface area contributed by atoms with Crippen LogP contribution in [0.25, 0.3) is 6.08 Å². The molecule has 0 aliphatic carbocycles. The zero-order valence-corrected chi connectivity index (χ0v) is 18.3. The fraction of sp³-hybridized carbons (Fsp3) is 0.190. The number of anilines is 1. The number of nitrogens with zero attached hydrogens (tertiary/aromatic N) is 4. The number of ether oxygens (including phenoxy) is 1. The van der Waals surface area contributed by atoms with Crippen molar-refractivity contribution in [2.45, 2.75) is 20.4 Å². The zero-order chi connectivity index (χ0) is 23.0. The molecule has 1 N–H and O–H groups in total. The Kier molecular flexibility index (Phi) is 5.49. The Bertz CT molecular complexity index is 1280. The molecule has 3 aromatic rings. The topological polar surface area (TPSA) is 116 Å². The van der Waals surface area contributed by atoms with E-state index in [2.05, 4.69) is 10.4 Å². The first-order valence-electron chi connectivity index (χ1n) is 9.57. The number of nitrogens with one attached hydrogen (secondary N) is 1. The van der Waals surface area contributed by atoms with Gasteiger partial charge in [0.1, 0.15) is 34.4 Å². The molecule has 0 bridgehead atoms. The highest BCUT2D eigenvalue weighted by Crippen LogP contribution is 2.31. The van der Waals surface area contributed by atoms with Crippen molar-refractivity contribution in [3.05, 3.63) is 75.1 Å². The predicted molar refractivity (Wildman–Crippen MR) is 120 cm³/mol. The highest BCUT2D eigenvalue weighted by Gasteiger charge is 2.34. The van der Waals surface area contributed by atoms with Gasteiger partial charge in [0.25, 0.3) is 5.91 Å². The Balaban J connectivity index is 1.56. The third kappa shape index (κ3) is 3.73. The number of carbonyl (C=O) groups excluding carboxylic acids is 1. The van der Waals surface area contributed by atoms with Gasteiger partial charge in [0, 0.05) is 6.08 Å². The van der Waals surface area contributed by atoms with Crippen LogP contribution in [0.5, 0.6) is 5.75 Å². The lowest BCUT2D eigenvalue weighted by molar-refractivity contribution is -0.386. The average molecular weight is 453 g/mol. The first kappa shape index (κ1) is 21.2. The molecule has 0 spiro atoms. The Hall–Kier alpha value is -3.99. The zero-order valence-electron chi connectivity index (χ0n) is 17.5. The second-order valence-corrected chi connectivity index (χ2v) is 7.43. The standard InChI is InChI=1S/C21H19N5O5S/c1-12-19(26(28)29)13(2)24(23-12)11-15-9-8-14(31-15)10-16-20(27)25(21(32)22-16)17-6-4-5-7-18(17)30-3/h4-10H,11H2,1-3H3,(H,22,32)/b16-10+. The van der Waals surface area contributed by atoms with Crippen molar-refractivity contribution in [2.75, 3.05) is 12.0 Å². The summed E-state index contributed by atoms with van der Waals surface area (Å²) in [6, 6.07) is 10.5. The number of hydrogen-bond acceptors (Lipinski definition) is 7. The van der Waals surface area contributed by atoms with E-state index in [0.29, 0.717) is 34.3 Å². The Morgan fingerprint density at radius 3 is 2.72 bits per heavy atom. The summed E-state index contributed by atoms with van der Waals surface area (Å²) in [5.74, 6) is 1.14. The third-order valence-corrected chi connectivity index (χ3v) is 5.29. The molecule has 1 amide bonds. The van der Waals surface area contributed by atoms with Crippen LogP contribution in [0.3, 0.4) is 0 Å². The number of rotatable bonds is 6. The molecule has 4 rings (SSSR count). The highest BCUT2D eigenvalue weighted by molar-refractivity contribution is 7.80. The molecule has 32 heavy (non-hydrogen) atoms. The van der Waals surface area contributed by atoms with Crippen LogP contribution < -0.4 is 15.0 Å². The molecule has 2 aromatic heterocycles. The molecule has 3 heterocycles. The minimum atomic E-state index is -0.445. The number of aromatic nitrogens is 2. The number of para-hydroxylation sites is 2. The lowest BCUT2D eigenvalue weighted by Gasteiger charge is -2.17. The molecule has 0 atom stereocenters. The summed E-state index contributed by atoms with van der Waals surface area (Å²) in [5, 5.41) is 18.5. The Morgan fingerprint density at radius 1 is 1.28 bits per heavy atom. The average Bonchev–Trinajstić information content (AvgIpc) is 3.39. The van der Waals surface area contributed by atoms with E-state index in [-0.39, 0.29) is 28.9 Å². The van der Waals surface area contributed by atoms with E-state index in [1.54, 1.807) is 56.3 Å². The van der Waals surface area contributed by atoms with E-state index in [1.165, 1.54) is 16.7 Å². The third-order valence-electron chi connectivity index (χ3n) is 5.00. The molecule has 10 nitrogen and oxygen atoms in total. The SMILES string of the molecule is COc1ccccc1N1C(=O)/C(=C\c2ccc(Cn3nc(C)c([N+](=O)[O-])c3C)o2)NC1=S. The van der Waals surface area contributed by atoms with Crippen molar-refractivity contribution in [3.8, 4) is 5.75 Å². The largest absolute Gasteiger partial charge is 0.495 e. The molecule has 1 aromatic carbocycles. The van der Waals surface area contributed by atoms with Crippen LogP contribution in [0, 0.1) is 24.0 Å². The summed E-state index contributed by atoms with van der Waals surface area (Å²) in [6.07, 6.45) is 1.55. The quantitative estimate of drug-likeness (QED) is 0.262. The van der Waals surface area contributed by atoms with Gasteiger partial charge in [-0.25, -0.2) is 4.90 Å². The number of nitro groups is 1. The Labute approximate surface area is 188 Å². The maximum atomic E-state index is 13.0. The van der Waals surface area contributed by atoms with Gasteiger partial charge in [0.2, 0.25) is 0 Å². The maximum absolute atomic E-state index is 13.0. The van der Waals surface area contributed by atoms with Crippen LogP contribution in [0.1, 0.15) is 22.9 Å². The van der Waals surface area contributed by atoms with Gasteiger partial charge in [-0.05, 0) is 50.3 Å². The van der Waals surface area contributed by atoms with Gasteiger partial charge in [-0.3, -0.25) is 19.6 Å². The van der Waals surface area contributed by atoms with Crippen molar-refractivity contribution in [1.82, 2.24) is 15.1 Å². The number of carbonyl (C=O) groups is 1. The Morgan fingerprint density at radius 2 is 2.03 bits per heavy atom. The van der Waals surface area contributed by atoms with E-state index in [9.17, 15) is 14.9 Å². The van der Waals surface area contributed by atoms with Gasteiger partial charge < -0.3 is 14.5 Å². The van der Waals surface area contributed by atoms with Crippen LogP contribution in [0.15, 0.2) is 46.5 Å². The fourth-order valence-corrected chi connectivity index (χ4v) is 3.81. The summed E-state index contributed by atoms with van der Waals surface area (Å²) in [7, 11) is 1.52. The van der Waals surface area contributed by atoms with E-state index in [1.807, 2.05) is 0 Å². The minimum Gasteiger partial charge on any atom is -0.495 e. The molecule has 0 radical (unpaired) electrons. The summed E-state index contributed by atoms with van der Waals surface area (Å²) in [6.45, 7) is 3.45. The number of methoxy groups -OCH3 is 1. The van der Waals surface area contributed by atoms with E-state index < -0.39 is 4.92 Å². The van der Waals surface area contributed by atoms with Gasteiger partial charge in [-0.1, -0.05) is 12.1 Å². The van der Waals surface area contributed by atoms with Gasteiger partial charge in [-0.2, -0.15) is 5.10 Å². The molecule has 1 saturated heterocycles. The number of aryl methyl sites for hydroxylation is 1. The number of amides is 1. The van der Waals surface area contributed by atoms with E-state index in [0.717, 1.165) is 0 Å². The first-order valence-corrected chi connectivity index (χ1v) is 9.98. The molecule has 1 aliphatic heterocycles. The lowest BCUT2D eigenvalue weighted by atomic mass is 10.2. The van der Waals surface area contributed by atoms with Gasteiger partial charge >= 0.3 is 5.69 Å². The lowest BCUT2D eigenvalue weighted by Crippen LogP contribution is -2.30. The molecule has 0 unspecified atom stereocenters. The van der Waals surface area contributed by atoms with Crippen LogP contribution in [0.2, 0.25) is 0 Å². The molecular weight excluding hydrogens is 434 g/mol. The fourth-order valence-electron chi connectivity index (χ4n) is 3.52. The second kappa shape index (κ2) is 8.27. The number of hydrogen-bond donors (Lipinski definition) is 1. The molecule has 1 fully saturated rings. The number of furan rings is 1. The second-order valence-electron chi connectivity index (χ2n) is 7.04. The summed E-state index contributed by atoms with van der Waals surface area (Å²) in [5.41, 5.74) is 1.56. The molecular formula is C21H19N5O5S. The molecule has 11 heteroatoms. The summed E-state index contributed by atoms with van der Waals surface area (Å²) in [4.78, 5) is 25.1. The summed E-state index contributed by atoms with van der Waals surface area (Å²) >= 11 is 5.34. The summed E-state index contributed by atoms with van der Waals surface area (Å²) < 4.78 is 12.6. The van der Waals surface area contributed by atoms with Crippen molar-refractivity contribution < 1.29 is 18.9 Å². The normalized spacial score (nSPS) is 14.8. The maximum Gasteiger partial charge on any atom is 0.312 e.